The summed E-state index contributed by atoms with van der Waals surface area (Å²) in [7, 11) is 1.54. The monoisotopic (exact) mass is 463 g/mol. The first-order valence-corrected chi connectivity index (χ1v) is 11.3. The number of hydrogen-bond donors (Lipinski definition) is 0. The van der Waals surface area contributed by atoms with Crippen molar-refractivity contribution in [2.24, 2.45) is 0 Å². The molecule has 2 heterocycles. The van der Waals surface area contributed by atoms with Gasteiger partial charge in [0.25, 0.3) is 5.91 Å². The molecule has 33 heavy (non-hydrogen) atoms. The van der Waals surface area contributed by atoms with E-state index >= 15 is 0 Å². The molecule has 1 aliphatic heterocycles. The molecule has 0 saturated carbocycles. The predicted molar refractivity (Wildman–Crippen MR) is 130 cm³/mol. The SMILES string of the molecule is CCN(C(=O)C1CC(C)N(C(=O)c2ccc(OC)nc2)c2ccccc21)c1ccc(Cl)cc1. The molecule has 2 atom stereocenters. The van der Waals surface area contributed by atoms with Crippen LogP contribution in [0.2, 0.25) is 5.02 Å². The molecule has 4 rings (SSSR count). The van der Waals surface area contributed by atoms with Crippen molar-refractivity contribution >= 4 is 34.8 Å². The van der Waals surface area contributed by atoms with Crippen LogP contribution in [0.3, 0.4) is 0 Å². The zero-order chi connectivity index (χ0) is 23.5. The van der Waals surface area contributed by atoms with Gasteiger partial charge in [-0.1, -0.05) is 29.8 Å². The van der Waals surface area contributed by atoms with Crippen LogP contribution in [0.25, 0.3) is 0 Å². The molecule has 3 aromatic rings. The summed E-state index contributed by atoms with van der Waals surface area (Å²) in [6.45, 7) is 4.47. The van der Waals surface area contributed by atoms with E-state index in [0.717, 1.165) is 16.9 Å². The minimum Gasteiger partial charge on any atom is -0.481 e. The van der Waals surface area contributed by atoms with E-state index in [4.69, 9.17) is 16.3 Å². The molecule has 7 heteroatoms. The van der Waals surface area contributed by atoms with Gasteiger partial charge >= 0.3 is 0 Å². The van der Waals surface area contributed by atoms with Crippen LogP contribution in [0.1, 0.15) is 42.1 Å². The van der Waals surface area contributed by atoms with Gasteiger partial charge in [0.2, 0.25) is 11.8 Å². The summed E-state index contributed by atoms with van der Waals surface area (Å²) in [4.78, 5) is 34.8. The Morgan fingerprint density at radius 1 is 1.12 bits per heavy atom. The third-order valence-electron chi connectivity index (χ3n) is 6.02. The van der Waals surface area contributed by atoms with Gasteiger partial charge in [-0.2, -0.15) is 0 Å². The number of pyridine rings is 1. The highest BCUT2D eigenvalue weighted by Crippen LogP contribution is 2.40. The van der Waals surface area contributed by atoms with E-state index < -0.39 is 0 Å². The van der Waals surface area contributed by atoms with E-state index in [9.17, 15) is 9.59 Å². The second-order valence-electron chi connectivity index (χ2n) is 8.02. The highest BCUT2D eigenvalue weighted by atomic mass is 35.5. The number of nitrogens with zero attached hydrogens (tertiary/aromatic N) is 3. The van der Waals surface area contributed by atoms with Crippen LogP contribution in [0.4, 0.5) is 11.4 Å². The van der Waals surface area contributed by atoms with E-state index in [1.807, 2.05) is 50.2 Å². The molecule has 0 bridgehead atoms. The van der Waals surface area contributed by atoms with Crippen molar-refractivity contribution in [2.45, 2.75) is 32.2 Å². The molecule has 0 spiro atoms. The molecular formula is C26H26ClN3O3. The number of benzene rings is 2. The van der Waals surface area contributed by atoms with Crippen LogP contribution in [0.5, 0.6) is 5.88 Å². The maximum atomic E-state index is 13.7. The number of likely N-dealkylation sites (N-methyl/N-ethyl adjacent to an activating group) is 1. The van der Waals surface area contributed by atoms with E-state index in [1.54, 1.807) is 34.1 Å². The lowest BCUT2D eigenvalue weighted by Gasteiger charge is -2.40. The molecule has 0 radical (unpaired) electrons. The average molecular weight is 464 g/mol. The summed E-state index contributed by atoms with van der Waals surface area (Å²) in [6, 6.07) is 18.1. The van der Waals surface area contributed by atoms with Crippen LogP contribution >= 0.6 is 11.6 Å². The van der Waals surface area contributed by atoms with Gasteiger partial charge in [0.1, 0.15) is 0 Å². The molecule has 1 aromatic heterocycles. The maximum absolute atomic E-state index is 13.7. The number of hydrogen-bond acceptors (Lipinski definition) is 4. The second kappa shape index (κ2) is 9.63. The molecular weight excluding hydrogens is 438 g/mol. The Hall–Kier alpha value is -3.38. The largest absolute Gasteiger partial charge is 0.481 e. The number of rotatable bonds is 5. The first-order chi connectivity index (χ1) is 15.9. The van der Waals surface area contributed by atoms with E-state index in [0.29, 0.717) is 29.4 Å². The molecule has 6 nitrogen and oxygen atoms in total. The van der Waals surface area contributed by atoms with Crippen molar-refractivity contribution in [1.82, 2.24) is 4.98 Å². The van der Waals surface area contributed by atoms with Crippen LogP contribution in [-0.4, -0.2) is 36.5 Å². The van der Waals surface area contributed by atoms with Crippen LogP contribution in [0.15, 0.2) is 66.9 Å². The lowest BCUT2D eigenvalue weighted by atomic mass is 9.84. The summed E-state index contributed by atoms with van der Waals surface area (Å²) < 4.78 is 5.10. The van der Waals surface area contributed by atoms with Gasteiger partial charge in [-0.05, 0) is 62.2 Å². The number of carbonyl (C=O) groups excluding carboxylic acids is 2. The fourth-order valence-corrected chi connectivity index (χ4v) is 4.52. The van der Waals surface area contributed by atoms with Gasteiger partial charge in [-0.25, -0.2) is 4.98 Å². The number of carbonyl (C=O) groups is 2. The summed E-state index contributed by atoms with van der Waals surface area (Å²) >= 11 is 6.03. The van der Waals surface area contributed by atoms with Gasteiger partial charge in [0.05, 0.1) is 18.6 Å². The number of methoxy groups -OCH3 is 1. The minimum atomic E-state index is -0.357. The molecule has 0 saturated heterocycles. The lowest BCUT2D eigenvalue weighted by Crippen LogP contribution is -2.46. The first kappa shape index (κ1) is 22.8. The Morgan fingerprint density at radius 2 is 1.85 bits per heavy atom. The summed E-state index contributed by atoms with van der Waals surface area (Å²) in [5.74, 6) is -0.0468. The van der Waals surface area contributed by atoms with Crippen LogP contribution < -0.4 is 14.5 Å². The predicted octanol–water partition coefficient (Wildman–Crippen LogP) is 5.32. The fraction of sp³-hybridized carbons (Fsp3) is 0.269. The second-order valence-corrected chi connectivity index (χ2v) is 8.46. The molecule has 0 N–H and O–H groups in total. The molecule has 2 amide bonds. The number of amides is 2. The topological polar surface area (TPSA) is 62.7 Å². The van der Waals surface area contributed by atoms with Crippen molar-refractivity contribution in [3.05, 3.63) is 83.0 Å². The number of halogens is 1. The molecule has 2 aromatic carbocycles. The Balaban J connectivity index is 1.68. The lowest BCUT2D eigenvalue weighted by molar-refractivity contribution is -0.120. The third kappa shape index (κ3) is 4.44. The molecule has 2 unspecified atom stereocenters. The summed E-state index contributed by atoms with van der Waals surface area (Å²) in [5, 5.41) is 0.626. The zero-order valence-corrected chi connectivity index (χ0v) is 19.6. The molecule has 0 aliphatic carbocycles. The number of aromatic nitrogens is 1. The van der Waals surface area contributed by atoms with Crippen LogP contribution in [0, 0.1) is 0 Å². The van der Waals surface area contributed by atoms with Crippen molar-refractivity contribution in [3.8, 4) is 5.88 Å². The number of ether oxygens (including phenoxy) is 1. The minimum absolute atomic E-state index is 0.0114. The number of fused-ring (bicyclic) bond motifs is 1. The average Bonchev–Trinajstić information content (AvgIpc) is 2.84. The van der Waals surface area contributed by atoms with Gasteiger partial charge in [-0.15, -0.1) is 0 Å². The van der Waals surface area contributed by atoms with E-state index in [-0.39, 0.29) is 23.8 Å². The third-order valence-corrected chi connectivity index (χ3v) is 6.27. The number of para-hydroxylation sites is 1. The zero-order valence-electron chi connectivity index (χ0n) is 18.9. The highest BCUT2D eigenvalue weighted by Gasteiger charge is 2.38. The Labute approximate surface area is 198 Å². The molecule has 170 valence electrons. The maximum Gasteiger partial charge on any atom is 0.260 e. The Bertz CT molecular complexity index is 1150. The Kier molecular flexibility index (Phi) is 6.65. The number of anilines is 2. The van der Waals surface area contributed by atoms with Crippen molar-refractivity contribution in [3.63, 3.8) is 0 Å². The summed E-state index contributed by atoms with van der Waals surface area (Å²) in [5.41, 5.74) is 2.88. The highest BCUT2D eigenvalue weighted by molar-refractivity contribution is 6.30. The molecule has 0 fully saturated rings. The van der Waals surface area contributed by atoms with Gasteiger partial charge in [0.15, 0.2) is 0 Å². The van der Waals surface area contributed by atoms with Gasteiger partial charge in [-0.3, -0.25) is 9.59 Å². The normalized spacial score (nSPS) is 17.3. The first-order valence-electron chi connectivity index (χ1n) is 10.9. The van der Waals surface area contributed by atoms with Crippen molar-refractivity contribution < 1.29 is 14.3 Å². The molecule has 1 aliphatic rings. The smallest absolute Gasteiger partial charge is 0.260 e. The Morgan fingerprint density at radius 3 is 2.48 bits per heavy atom. The van der Waals surface area contributed by atoms with Gasteiger partial charge < -0.3 is 14.5 Å². The quantitative estimate of drug-likeness (QED) is 0.513. The fourth-order valence-electron chi connectivity index (χ4n) is 4.40. The van der Waals surface area contributed by atoms with E-state index in [2.05, 4.69) is 4.98 Å². The summed E-state index contributed by atoms with van der Waals surface area (Å²) in [6.07, 6.45) is 2.04. The standard InChI is InChI=1S/C26H26ClN3O3/c1-4-29(20-12-10-19(27)11-13-20)26(32)22-15-17(2)30(23-8-6-5-7-21(22)23)25(31)18-9-14-24(33-3)28-16-18/h5-14,16-17,22H,4,15H2,1-3H3. The van der Waals surface area contributed by atoms with Crippen molar-refractivity contribution in [1.29, 1.82) is 0 Å². The van der Waals surface area contributed by atoms with Gasteiger partial charge in [0, 0.05) is 41.2 Å². The van der Waals surface area contributed by atoms with Crippen LogP contribution in [-0.2, 0) is 4.79 Å². The van der Waals surface area contributed by atoms with E-state index in [1.165, 1.54) is 13.3 Å². The van der Waals surface area contributed by atoms with Crippen molar-refractivity contribution in [2.75, 3.05) is 23.5 Å².